The topological polar surface area (TPSA) is 12.0 Å². The Kier molecular flexibility index (Phi) is 6.31. The first-order valence-corrected chi connectivity index (χ1v) is 7.02. The predicted molar refractivity (Wildman–Crippen MR) is 68.1 cm³/mol. The average molecular weight is 211 g/mol. The van der Waals surface area contributed by atoms with Crippen molar-refractivity contribution in [1.29, 1.82) is 0 Å². The fourth-order valence-electron chi connectivity index (χ4n) is 3.07. The summed E-state index contributed by atoms with van der Waals surface area (Å²) in [7, 11) is 0. The van der Waals surface area contributed by atoms with E-state index in [0.29, 0.717) is 0 Å². The largest absolute Gasteiger partial charge is 0.317 e. The minimum atomic E-state index is 0.977. The van der Waals surface area contributed by atoms with Gasteiger partial charge in [0.05, 0.1) is 0 Å². The van der Waals surface area contributed by atoms with Crippen LogP contribution in [-0.2, 0) is 0 Å². The molecule has 1 fully saturated rings. The highest BCUT2D eigenvalue weighted by Gasteiger charge is 2.27. The van der Waals surface area contributed by atoms with Gasteiger partial charge in [0.25, 0.3) is 0 Å². The minimum absolute atomic E-state index is 0.977. The first-order valence-electron chi connectivity index (χ1n) is 7.02. The van der Waals surface area contributed by atoms with Crippen LogP contribution in [0, 0.1) is 17.8 Å². The van der Waals surface area contributed by atoms with E-state index in [0.717, 1.165) is 24.3 Å². The van der Waals surface area contributed by atoms with Crippen LogP contribution in [0.3, 0.4) is 0 Å². The summed E-state index contributed by atoms with van der Waals surface area (Å²) in [6.45, 7) is 9.31. The first kappa shape index (κ1) is 13.0. The zero-order chi connectivity index (χ0) is 11.1. The first-order chi connectivity index (χ1) is 7.31. The van der Waals surface area contributed by atoms with Crippen molar-refractivity contribution in [1.82, 2.24) is 5.32 Å². The van der Waals surface area contributed by atoms with E-state index in [1.54, 1.807) is 0 Å². The van der Waals surface area contributed by atoms with Crippen molar-refractivity contribution >= 4 is 0 Å². The Morgan fingerprint density at radius 3 is 2.33 bits per heavy atom. The van der Waals surface area contributed by atoms with Crippen molar-refractivity contribution in [3.8, 4) is 0 Å². The highest BCUT2D eigenvalue weighted by Crippen LogP contribution is 2.37. The summed E-state index contributed by atoms with van der Waals surface area (Å²) in [4.78, 5) is 0. The average Bonchev–Trinajstić information content (AvgIpc) is 2.70. The summed E-state index contributed by atoms with van der Waals surface area (Å²) in [5.74, 6) is 2.98. The molecule has 0 amide bonds. The van der Waals surface area contributed by atoms with Gasteiger partial charge in [0.2, 0.25) is 0 Å². The molecule has 90 valence electrons. The second kappa shape index (κ2) is 7.27. The molecule has 0 spiro atoms. The van der Waals surface area contributed by atoms with Crippen LogP contribution in [0.1, 0.15) is 59.3 Å². The third kappa shape index (κ3) is 4.14. The second-order valence-corrected chi connectivity index (χ2v) is 5.18. The van der Waals surface area contributed by atoms with Crippen LogP contribution in [0.2, 0.25) is 0 Å². The minimum Gasteiger partial charge on any atom is -0.317 e. The van der Waals surface area contributed by atoms with Crippen LogP contribution in [0.25, 0.3) is 0 Å². The molecule has 1 aliphatic carbocycles. The van der Waals surface area contributed by atoms with E-state index in [9.17, 15) is 0 Å². The maximum absolute atomic E-state index is 3.53. The number of hydrogen-bond acceptors (Lipinski definition) is 1. The molecule has 0 bridgehead atoms. The van der Waals surface area contributed by atoms with E-state index in [2.05, 4.69) is 26.1 Å². The van der Waals surface area contributed by atoms with Gasteiger partial charge in [-0.1, -0.05) is 46.5 Å². The molecule has 2 unspecified atom stereocenters. The van der Waals surface area contributed by atoms with E-state index in [1.165, 1.54) is 45.1 Å². The lowest BCUT2D eigenvalue weighted by Gasteiger charge is -2.24. The lowest BCUT2D eigenvalue weighted by atomic mass is 9.84. The van der Waals surface area contributed by atoms with E-state index in [-0.39, 0.29) is 0 Å². The van der Waals surface area contributed by atoms with Gasteiger partial charge in [0.1, 0.15) is 0 Å². The van der Waals surface area contributed by atoms with Crippen molar-refractivity contribution in [3.05, 3.63) is 0 Å². The van der Waals surface area contributed by atoms with Crippen molar-refractivity contribution in [2.45, 2.75) is 59.3 Å². The zero-order valence-corrected chi connectivity index (χ0v) is 10.9. The Bertz CT molecular complexity index is 151. The van der Waals surface area contributed by atoms with Gasteiger partial charge in [0, 0.05) is 0 Å². The number of hydrogen-bond donors (Lipinski definition) is 1. The molecule has 15 heavy (non-hydrogen) atoms. The van der Waals surface area contributed by atoms with Crippen LogP contribution >= 0.6 is 0 Å². The lowest BCUT2D eigenvalue weighted by Crippen LogP contribution is -2.26. The second-order valence-electron chi connectivity index (χ2n) is 5.18. The Labute approximate surface area is 96.0 Å². The summed E-state index contributed by atoms with van der Waals surface area (Å²) >= 11 is 0. The van der Waals surface area contributed by atoms with Gasteiger partial charge in [-0.15, -0.1) is 0 Å². The Morgan fingerprint density at radius 1 is 1.07 bits per heavy atom. The van der Waals surface area contributed by atoms with E-state index >= 15 is 0 Å². The van der Waals surface area contributed by atoms with E-state index in [4.69, 9.17) is 0 Å². The van der Waals surface area contributed by atoms with Gasteiger partial charge in [-0.05, 0) is 43.7 Å². The summed E-state index contributed by atoms with van der Waals surface area (Å²) in [5.41, 5.74) is 0. The predicted octanol–water partition coefficient (Wildman–Crippen LogP) is 3.84. The zero-order valence-electron chi connectivity index (χ0n) is 10.9. The normalized spacial score (nSPS) is 26.4. The van der Waals surface area contributed by atoms with Crippen LogP contribution < -0.4 is 5.32 Å². The smallest absolute Gasteiger partial charge is 0.00180 e. The van der Waals surface area contributed by atoms with Gasteiger partial charge in [-0.25, -0.2) is 0 Å². The molecule has 0 heterocycles. The van der Waals surface area contributed by atoms with E-state index < -0.39 is 0 Å². The van der Waals surface area contributed by atoms with Crippen molar-refractivity contribution in [2.24, 2.45) is 17.8 Å². The van der Waals surface area contributed by atoms with Crippen LogP contribution in [0.15, 0.2) is 0 Å². The molecular formula is C14H29N. The van der Waals surface area contributed by atoms with Crippen molar-refractivity contribution in [2.75, 3.05) is 13.1 Å². The quantitative estimate of drug-likeness (QED) is 0.674. The van der Waals surface area contributed by atoms with Crippen LogP contribution in [-0.4, -0.2) is 13.1 Å². The summed E-state index contributed by atoms with van der Waals surface area (Å²) in [6, 6.07) is 0. The lowest BCUT2D eigenvalue weighted by molar-refractivity contribution is 0.285. The molecule has 0 saturated heterocycles. The summed E-state index contributed by atoms with van der Waals surface area (Å²) in [6.07, 6.45) is 8.68. The highest BCUT2D eigenvalue weighted by molar-refractivity contribution is 4.80. The fourth-order valence-corrected chi connectivity index (χ4v) is 3.07. The van der Waals surface area contributed by atoms with Crippen molar-refractivity contribution in [3.63, 3.8) is 0 Å². The summed E-state index contributed by atoms with van der Waals surface area (Å²) in [5, 5.41) is 3.53. The molecule has 0 aliphatic heterocycles. The molecule has 1 N–H and O–H groups in total. The highest BCUT2D eigenvalue weighted by atomic mass is 14.8. The number of nitrogens with one attached hydrogen (secondary N) is 1. The molecule has 1 nitrogen and oxygen atoms in total. The van der Waals surface area contributed by atoms with Gasteiger partial charge in [-0.2, -0.15) is 0 Å². The molecule has 1 aliphatic rings. The van der Waals surface area contributed by atoms with Gasteiger partial charge < -0.3 is 5.32 Å². The molecule has 0 aromatic rings. The van der Waals surface area contributed by atoms with Gasteiger partial charge >= 0.3 is 0 Å². The number of rotatable bonds is 7. The Hall–Kier alpha value is -0.0400. The fraction of sp³-hybridized carbons (Fsp3) is 1.00. The maximum Gasteiger partial charge on any atom is -0.00180 e. The Morgan fingerprint density at radius 2 is 1.73 bits per heavy atom. The molecule has 1 heteroatoms. The molecule has 1 saturated carbocycles. The van der Waals surface area contributed by atoms with Gasteiger partial charge in [-0.3, -0.25) is 0 Å². The van der Waals surface area contributed by atoms with Crippen molar-refractivity contribution < 1.29 is 0 Å². The molecular weight excluding hydrogens is 182 g/mol. The van der Waals surface area contributed by atoms with Crippen LogP contribution in [0.5, 0.6) is 0 Å². The molecule has 0 aromatic heterocycles. The maximum atomic E-state index is 3.53. The Balaban J connectivity index is 2.31. The molecule has 0 radical (unpaired) electrons. The SMILES string of the molecule is CCNCC1CCCC1CC(CC)CC. The molecule has 2 atom stereocenters. The van der Waals surface area contributed by atoms with Gasteiger partial charge in [0.15, 0.2) is 0 Å². The monoisotopic (exact) mass is 211 g/mol. The third-order valence-corrected chi connectivity index (χ3v) is 4.26. The molecule has 0 aromatic carbocycles. The summed E-state index contributed by atoms with van der Waals surface area (Å²) < 4.78 is 0. The molecule has 1 rings (SSSR count). The third-order valence-electron chi connectivity index (χ3n) is 4.26. The standard InChI is InChI=1S/C14H29N/c1-4-12(5-2)10-13-8-7-9-14(13)11-15-6-3/h12-15H,4-11H2,1-3H3. The van der Waals surface area contributed by atoms with Crippen LogP contribution in [0.4, 0.5) is 0 Å². The van der Waals surface area contributed by atoms with E-state index in [1.807, 2.05) is 0 Å².